The summed E-state index contributed by atoms with van der Waals surface area (Å²) in [5.74, 6) is 1.82. The van der Waals surface area contributed by atoms with E-state index in [1.54, 1.807) is 0 Å². The fourth-order valence-corrected chi connectivity index (χ4v) is 1.79. The minimum absolute atomic E-state index is 0.0527. The van der Waals surface area contributed by atoms with Crippen LogP contribution in [0.3, 0.4) is 0 Å². The molecule has 4 heteroatoms. The van der Waals surface area contributed by atoms with Gasteiger partial charge in [0.25, 0.3) is 0 Å². The Morgan fingerprint density at radius 2 is 2.00 bits per heavy atom. The first-order chi connectivity index (χ1) is 7.22. The molecule has 2 rings (SSSR count). The maximum absolute atomic E-state index is 6.08. The Balaban J connectivity index is 2.15. The van der Waals surface area contributed by atoms with E-state index in [-0.39, 0.29) is 11.5 Å². The summed E-state index contributed by atoms with van der Waals surface area (Å²) in [7, 11) is 0. The summed E-state index contributed by atoms with van der Waals surface area (Å²) in [5, 5.41) is 4.04. The van der Waals surface area contributed by atoms with Gasteiger partial charge in [0.1, 0.15) is 0 Å². The molecule has 1 aliphatic rings. The molecular formula is C12H21N3O. The fourth-order valence-electron chi connectivity index (χ4n) is 1.79. The van der Waals surface area contributed by atoms with Crippen molar-refractivity contribution >= 4 is 0 Å². The van der Waals surface area contributed by atoms with Crippen molar-refractivity contribution in [1.82, 2.24) is 10.1 Å². The highest BCUT2D eigenvalue weighted by Gasteiger charge is 2.49. The SMILES string of the molecule is CC1(C)CC1c1noc([C@H](N)C(C)(C)C)n1. The minimum atomic E-state index is -0.199. The van der Waals surface area contributed by atoms with Crippen LogP contribution in [0.5, 0.6) is 0 Å². The van der Waals surface area contributed by atoms with Crippen LogP contribution in [-0.4, -0.2) is 10.1 Å². The highest BCUT2D eigenvalue weighted by Crippen LogP contribution is 2.57. The van der Waals surface area contributed by atoms with Crippen LogP contribution in [0.4, 0.5) is 0 Å². The molecule has 1 aromatic rings. The smallest absolute Gasteiger partial charge is 0.244 e. The number of nitrogens with two attached hydrogens (primary N) is 1. The summed E-state index contributed by atoms with van der Waals surface area (Å²) in [6.45, 7) is 10.7. The van der Waals surface area contributed by atoms with E-state index in [0.29, 0.717) is 17.2 Å². The van der Waals surface area contributed by atoms with Crippen LogP contribution in [0.1, 0.15) is 64.7 Å². The zero-order chi connectivity index (χ0) is 12.1. The zero-order valence-electron chi connectivity index (χ0n) is 10.7. The summed E-state index contributed by atoms with van der Waals surface area (Å²) in [4.78, 5) is 4.43. The molecular weight excluding hydrogens is 202 g/mol. The van der Waals surface area contributed by atoms with E-state index >= 15 is 0 Å². The molecule has 0 radical (unpaired) electrons. The lowest BCUT2D eigenvalue weighted by atomic mass is 9.87. The number of hydrogen-bond acceptors (Lipinski definition) is 4. The van der Waals surface area contributed by atoms with Gasteiger partial charge >= 0.3 is 0 Å². The molecule has 1 unspecified atom stereocenters. The van der Waals surface area contributed by atoms with Gasteiger partial charge in [0, 0.05) is 5.92 Å². The predicted molar refractivity (Wildman–Crippen MR) is 61.8 cm³/mol. The van der Waals surface area contributed by atoms with Crippen LogP contribution < -0.4 is 5.73 Å². The first-order valence-corrected chi connectivity index (χ1v) is 5.81. The van der Waals surface area contributed by atoms with E-state index < -0.39 is 0 Å². The summed E-state index contributed by atoms with van der Waals surface area (Å²) in [6.07, 6.45) is 1.14. The minimum Gasteiger partial charge on any atom is -0.338 e. The van der Waals surface area contributed by atoms with E-state index in [9.17, 15) is 0 Å². The summed E-state index contributed by atoms with van der Waals surface area (Å²) >= 11 is 0. The Kier molecular flexibility index (Phi) is 2.38. The largest absolute Gasteiger partial charge is 0.338 e. The Labute approximate surface area is 96.6 Å². The van der Waals surface area contributed by atoms with Crippen molar-refractivity contribution in [1.29, 1.82) is 0 Å². The second kappa shape index (κ2) is 3.29. The predicted octanol–water partition coefficient (Wildman–Crippen LogP) is 2.63. The van der Waals surface area contributed by atoms with Gasteiger partial charge in [0.2, 0.25) is 5.89 Å². The molecule has 1 aliphatic carbocycles. The molecule has 4 nitrogen and oxygen atoms in total. The number of rotatable bonds is 2. The first-order valence-electron chi connectivity index (χ1n) is 5.81. The molecule has 0 bridgehead atoms. The standard InChI is InChI=1S/C12H21N3O/c1-11(2,3)8(13)10-14-9(15-16-10)7-6-12(7,4)5/h7-8H,6,13H2,1-5H3/t7?,8-/m0/s1. The molecule has 2 atom stereocenters. The van der Waals surface area contributed by atoms with Gasteiger partial charge in [-0.25, -0.2) is 0 Å². The molecule has 1 heterocycles. The van der Waals surface area contributed by atoms with Crippen LogP contribution in [0.2, 0.25) is 0 Å². The van der Waals surface area contributed by atoms with Gasteiger partial charge in [0.15, 0.2) is 5.82 Å². The average molecular weight is 223 g/mol. The van der Waals surface area contributed by atoms with Gasteiger partial charge in [-0.1, -0.05) is 39.8 Å². The van der Waals surface area contributed by atoms with Crippen LogP contribution in [0.15, 0.2) is 4.52 Å². The van der Waals surface area contributed by atoms with E-state index in [4.69, 9.17) is 10.3 Å². The molecule has 1 aromatic heterocycles. The van der Waals surface area contributed by atoms with Gasteiger partial charge in [0.05, 0.1) is 6.04 Å². The van der Waals surface area contributed by atoms with Crippen molar-refractivity contribution in [3.63, 3.8) is 0 Å². The zero-order valence-corrected chi connectivity index (χ0v) is 10.7. The third-order valence-corrected chi connectivity index (χ3v) is 3.48. The van der Waals surface area contributed by atoms with Crippen molar-refractivity contribution in [2.24, 2.45) is 16.6 Å². The molecule has 0 spiro atoms. The van der Waals surface area contributed by atoms with E-state index in [1.807, 2.05) is 0 Å². The third kappa shape index (κ3) is 1.98. The van der Waals surface area contributed by atoms with Crippen molar-refractivity contribution in [2.45, 2.75) is 53.0 Å². The normalized spacial score (nSPS) is 25.5. The fraction of sp³-hybridized carbons (Fsp3) is 0.833. The van der Waals surface area contributed by atoms with Crippen molar-refractivity contribution in [2.75, 3.05) is 0 Å². The Morgan fingerprint density at radius 3 is 2.44 bits per heavy atom. The molecule has 0 amide bonds. The van der Waals surface area contributed by atoms with Crippen LogP contribution in [-0.2, 0) is 0 Å². The Morgan fingerprint density at radius 1 is 1.44 bits per heavy atom. The van der Waals surface area contributed by atoms with E-state index in [0.717, 1.165) is 12.2 Å². The number of aromatic nitrogens is 2. The number of nitrogens with zero attached hydrogens (tertiary/aromatic N) is 2. The molecule has 1 saturated carbocycles. The monoisotopic (exact) mass is 223 g/mol. The Bertz CT molecular complexity index is 389. The second-order valence-corrected chi connectivity index (χ2v) is 6.58. The van der Waals surface area contributed by atoms with Crippen molar-refractivity contribution < 1.29 is 4.52 Å². The average Bonchev–Trinajstić information content (AvgIpc) is 2.63. The Hall–Kier alpha value is -0.900. The molecule has 2 N–H and O–H groups in total. The van der Waals surface area contributed by atoms with Crippen LogP contribution in [0, 0.1) is 10.8 Å². The topological polar surface area (TPSA) is 64.9 Å². The number of hydrogen-bond donors (Lipinski definition) is 1. The van der Waals surface area contributed by atoms with Gasteiger partial charge in [-0.2, -0.15) is 4.98 Å². The summed E-state index contributed by atoms with van der Waals surface area (Å²) in [5.41, 5.74) is 6.35. The molecule has 0 aliphatic heterocycles. The van der Waals surface area contributed by atoms with Gasteiger partial charge < -0.3 is 10.3 Å². The lowest BCUT2D eigenvalue weighted by Crippen LogP contribution is -2.26. The van der Waals surface area contributed by atoms with Gasteiger partial charge in [-0.3, -0.25) is 0 Å². The molecule has 16 heavy (non-hydrogen) atoms. The maximum atomic E-state index is 6.08. The molecule has 1 fully saturated rings. The summed E-state index contributed by atoms with van der Waals surface area (Å²) < 4.78 is 5.26. The quantitative estimate of drug-likeness (QED) is 0.837. The molecule has 0 aromatic carbocycles. The van der Waals surface area contributed by atoms with Crippen LogP contribution >= 0.6 is 0 Å². The molecule has 90 valence electrons. The lowest BCUT2D eigenvalue weighted by molar-refractivity contribution is 0.252. The molecule has 0 saturated heterocycles. The van der Waals surface area contributed by atoms with Gasteiger partial charge in [-0.15, -0.1) is 0 Å². The van der Waals surface area contributed by atoms with E-state index in [2.05, 4.69) is 44.8 Å². The van der Waals surface area contributed by atoms with E-state index in [1.165, 1.54) is 0 Å². The van der Waals surface area contributed by atoms with Crippen molar-refractivity contribution in [3.8, 4) is 0 Å². The third-order valence-electron chi connectivity index (χ3n) is 3.48. The maximum Gasteiger partial charge on any atom is 0.244 e. The van der Waals surface area contributed by atoms with Crippen molar-refractivity contribution in [3.05, 3.63) is 11.7 Å². The van der Waals surface area contributed by atoms with Gasteiger partial charge in [-0.05, 0) is 17.3 Å². The van der Waals surface area contributed by atoms with Crippen LogP contribution in [0.25, 0.3) is 0 Å². The highest BCUT2D eigenvalue weighted by atomic mass is 16.5. The highest BCUT2D eigenvalue weighted by molar-refractivity contribution is 5.15. The summed E-state index contributed by atoms with van der Waals surface area (Å²) in [6, 6.07) is -0.199. The lowest BCUT2D eigenvalue weighted by Gasteiger charge is -2.23. The second-order valence-electron chi connectivity index (χ2n) is 6.58. The first kappa shape index (κ1) is 11.6.